The third-order valence-corrected chi connectivity index (χ3v) is 3.55. The van der Waals surface area contributed by atoms with Gasteiger partial charge in [-0.1, -0.05) is 46.1 Å². The molecule has 1 unspecified atom stereocenters. The van der Waals surface area contributed by atoms with E-state index in [0.717, 1.165) is 31.0 Å². The molecular formula is C17H30N2O. The lowest BCUT2D eigenvalue weighted by Gasteiger charge is -2.14. The van der Waals surface area contributed by atoms with Crippen LogP contribution in [-0.2, 0) is 11.3 Å². The number of ether oxygens (including phenoxy) is 1. The first kappa shape index (κ1) is 17.0. The highest BCUT2D eigenvalue weighted by Gasteiger charge is 2.06. The summed E-state index contributed by atoms with van der Waals surface area (Å²) in [5.41, 5.74) is 1.15. The molecule has 20 heavy (non-hydrogen) atoms. The second kappa shape index (κ2) is 10.7. The van der Waals surface area contributed by atoms with Crippen LogP contribution >= 0.6 is 0 Å². The predicted molar refractivity (Wildman–Crippen MR) is 86.0 cm³/mol. The maximum Gasteiger partial charge on any atom is 0.125 e. The monoisotopic (exact) mass is 278 g/mol. The molecule has 1 aromatic rings. The van der Waals surface area contributed by atoms with Gasteiger partial charge in [-0.3, -0.25) is 0 Å². The van der Waals surface area contributed by atoms with Gasteiger partial charge in [0.15, 0.2) is 0 Å². The van der Waals surface area contributed by atoms with Crippen LogP contribution in [0.25, 0.3) is 0 Å². The summed E-state index contributed by atoms with van der Waals surface area (Å²) >= 11 is 0. The Hall–Kier alpha value is -1.09. The first-order chi connectivity index (χ1) is 9.80. The largest absolute Gasteiger partial charge is 0.376 e. The van der Waals surface area contributed by atoms with E-state index in [-0.39, 0.29) is 0 Å². The van der Waals surface area contributed by atoms with Gasteiger partial charge in [-0.05, 0) is 30.4 Å². The fourth-order valence-corrected chi connectivity index (χ4v) is 2.11. The maximum absolute atomic E-state index is 5.83. The molecule has 0 radical (unpaired) electrons. The summed E-state index contributed by atoms with van der Waals surface area (Å²) < 4.78 is 5.83. The van der Waals surface area contributed by atoms with E-state index in [9.17, 15) is 0 Å². The lowest BCUT2D eigenvalue weighted by atomic mass is 10.0. The molecule has 0 aliphatic heterocycles. The fourth-order valence-electron chi connectivity index (χ4n) is 2.11. The zero-order chi connectivity index (χ0) is 14.6. The van der Waals surface area contributed by atoms with E-state index in [1.54, 1.807) is 0 Å². The van der Waals surface area contributed by atoms with E-state index in [0.29, 0.717) is 12.5 Å². The van der Waals surface area contributed by atoms with Crippen molar-refractivity contribution < 1.29 is 4.74 Å². The molecule has 1 atom stereocenters. The first-order valence-electron chi connectivity index (χ1n) is 8.06. The minimum absolute atomic E-state index is 0.670. The second-order valence-corrected chi connectivity index (χ2v) is 5.41. The van der Waals surface area contributed by atoms with Crippen LogP contribution < -0.4 is 5.32 Å². The molecule has 1 N–H and O–H groups in total. The Kier molecular flexibility index (Phi) is 9.05. The fraction of sp³-hybridized carbons (Fsp3) is 0.706. The number of anilines is 1. The third kappa shape index (κ3) is 6.90. The minimum Gasteiger partial charge on any atom is -0.376 e. The number of hydrogen-bond acceptors (Lipinski definition) is 3. The average Bonchev–Trinajstić information content (AvgIpc) is 2.49. The van der Waals surface area contributed by atoms with Gasteiger partial charge in [-0.2, -0.15) is 0 Å². The van der Waals surface area contributed by atoms with Crippen LogP contribution in [-0.4, -0.2) is 18.1 Å². The molecular weight excluding hydrogens is 248 g/mol. The Labute approximate surface area is 124 Å². The normalized spacial score (nSPS) is 12.3. The molecule has 1 aromatic heterocycles. The summed E-state index contributed by atoms with van der Waals surface area (Å²) in [5, 5.41) is 3.28. The molecule has 1 heterocycles. The molecule has 114 valence electrons. The van der Waals surface area contributed by atoms with E-state index < -0.39 is 0 Å². The van der Waals surface area contributed by atoms with Crippen molar-refractivity contribution >= 4 is 5.82 Å². The smallest absolute Gasteiger partial charge is 0.125 e. The number of aromatic nitrogens is 1. The Morgan fingerprint density at radius 1 is 1.20 bits per heavy atom. The minimum atomic E-state index is 0.670. The van der Waals surface area contributed by atoms with Crippen LogP contribution in [0, 0.1) is 5.92 Å². The Morgan fingerprint density at radius 2 is 2.05 bits per heavy atom. The van der Waals surface area contributed by atoms with Gasteiger partial charge in [0.25, 0.3) is 0 Å². The lowest BCUT2D eigenvalue weighted by Crippen LogP contribution is -2.09. The lowest BCUT2D eigenvalue weighted by molar-refractivity contribution is 0.0818. The van der Waals surface area contributed by atoms with Crippen molar-refractivity contribution in [3.8, 4) is 0 Å². The molecule has 3 heteroatoms. The first-order valence-corrected chi connectivity index (χ1v) is 8.06. The molecule has 0 bridgehead atoms. The van der Waals surface area contributed by atoms with E-state index in [1.165, 1.54) is 25.7 Å². The molecule has 1 rings (SSSR count). The van der Waals surface area contributed by atoms with Crippen LogP contribution in [0.5, 0.6) is 0 Å². The summed E-state index contributed by atoms with van der Waals surface area (Å²) in [6.07, 6.45) is 8.09. The summed E-state index contributed by atoms with van der Waals surface area (Å²) in [6, 6.07) is 4.13. The second-order valence-electron chi connectivity index (χ2n) is 5.41. The average molecular weight is 278 g/mol. The van der Waals surface area contributed by atoms with E-state index >= 15 is 0 Å². The number of nitrogens with zero attached hydrogens (tertiary/aromatic N) is 1. The SMILES string of the molecule is CCCCC(CC)COCc1ccc(NCCC)nc1. The van der Waals surface area contributed by atoms with Crippen molar-refractivity contribution in [1.82, 2.24) is 4.98 Å². The van der Waals surface area contributed by atoms with Gasteiger partial charge >= 0.3 is 0 Å². The molecule has 0 saturated heterocycles. The predicted octanol–water partition coefficient (Wildman–Crippen LogP) is 4.64. The zero-order valence-corrected chi connectivity index (χ0v) is 13.3. The summed E-state index contributed by atoms with van der Waals surface area (Å²) in [6.45, 7) is 9.15. The quantitative estimate of drug-likeness (QED) is 0.640. The Morgan fingerprint density at radius 3 is 2.65 bits per heavy atom. The van der Waals surface area contributed by atoms with Crippen molar-refractivity contribution in [2.45, 2.75) is 59.5 Å². The number of unbranched alkanes of at least 4 members (excludes halogenated alkanes) is 1. The van der Waals surface area contributed by atoms with Crippen molar-refractivity contribution in [3.05, 3.63) is 23.9 Å². The topological polar surface area (TPSA) is 34.1 Å². The van der Waals surface area contributed by atoms with E-state index in [1.807, 2.05) is 12.3 Å². The van der Waals surface area contributed by atoms with Crippen molar-refractivity contribution in [2.75, 3.05) is 18.5 Å². The Bertz CT molecular complexity index is 337. The summed E-state index contributed by atoms with van der Waals surface area (Å²) in [5.74, 6) is 1.65. The van der Waals surface area contributed by atoms with Crippen molar-refractivity contribution in [1.29, 1.82) is 0 Å². The zero-order valence-electron chi connectivity index (χ0n) is 13.3. The van der Waals surface area contributed by atoms with Crippen molar-refractivity contribution in [3.63, 3.8) is 0 Å². The highest BCUT2D eigenvalue weighted by atomic mass is 16.5. The summed E-state index contributed by atoms with van der Waals surface area (Å²) in [4.78, 5) is 4.39. The van der Waals surface area contributed by atoms with Gasteiger partial charge < -0.3 is 10.1 Å². The van der Waals surface area contributed by atoms with Gasteiger partial charge in [0.05, 0.1) is 6.61 Å². The molecule has 0 amide bonds. The molecule has 0 spiro atoms. The van der Waals surface area contributed by atoms with E-state index in [2.05, 4.69) is 37.1 Å². The highest BCUT2D eigenvalue weighted by Crippen LogP contribution is 2.14. The number of nitrogens with one attached hydrogen (secondary N) is 1. The van der Waals surface area contributed by atoms with Gasteiger partial charge in [-0.15, -0.1) is 0 Å². The molecule has 0 fully saturated rings. The van der Waals surface area contributed by atoms with Crippen LogP contribution in [0.4, 0.5) is 5.82 Å². The third-order valence-electron chi connectivity index (χ3n) is 3.55. The molecule has 3 nitrogen and oxygen atoms in total. The van der Waals surface area contributed by atoms with Crippen LogP contribution in [0.1, 0.15) is 58.4 Å². The molecule has 0 aliphatic rings. The number of pyridine rings is 1. The van der Waals surface area contributed by atoms with E-state index in [4.69, 9.17) is 4.74 Å². The van der Waals surface area contributed by atoms with Gasteiger partial charge in [-0.25, -0.2) is 4.98 Å². The van der Waals surface area contributed by atoms with Gasteiger partial charge in [0.2, 0.25) is 0 Å². The summed E-state index contributed by atoms with van der Waals surface area (Å²) in [7, 11) is 0. The van der Waals surface area contributed by atoms with Gasteiger partial charge in [0.1, 0.15) is 5.82 Å². The van der Waals surface area contributed by atoms with Crippen molar-refractivity contribution in [2.24, 2.45) is 5.92 Å². The molecule has 0 aliphatic carbocycles. The van der Waals surface area contributed by atoms with Crippen LogP contribution in [0.3, 0.4) is 0 Å². The number of hydrogen-bond donors (Lipinski definition) is 1. The Balaban J connectivity index is 2.27. The standard InChI is InChI=1S/C17H30N2O/c1-4-7-8-15(6-3)13-20-14-16-9-10-17(19-12-16)18-11-5-2/h9-10,12,15H,4-8,11,13-14H2,1-3H3,(H,18,19). The van der Waals surface area contributed by atoms with Crippen LogP contribution in [0.15, 0.2) is 18.3 Å². The highest BCUT2D eigenvalue weighted by molar-refractivity contribution is 5.35. The van der Waals surface area contributed by atoms with Gasteiger partial charge in [0, 0.05) is 19.3 Å². The maximum atomic E-state index is 5.83. The van der Waals surface area contributed by atoms with Crippen LogP contribution in [0.2, 0.25) is 0 Å². The number of rotatable bonds is 11. The molecule has 0 saturated carbocycles. The molecule has 0 aromatic carbocycles.